The molecule has 15 heavy (non-hydrogen) atoms. The lowest BCUT2D eigenvalue weighted by atomic mass is 10.1. The largest absolute Gasteiger partial charge is 0.444 e. The van der Waals surface area contributed by atoms with Gasteiger partial charge in [0.2, 0.25) is 0 Å². The summed E-state index contributed by atoms with van der Waals surface area (Å²) in [4.78, 5) is 11.5. The van der Waals surface area contributed by atoms with E-state index in [-0.39, 0.29) is 12.1 Å². The molecule has 0 aromatic rings. The molecule has 0 aliphatic rings. The summed E-state index contributed by atoms with van der Waals surface area (Å²) in [6.45, 7) is 9.91. The van der Waals surface area contributed by atoms with Crippen LogP contribution < -0.4 is 5.32 Å². The van der Waals surface area contributed by atoms with E-state index in [2.05, 4.69) is 41.8 Å². The van der Waals surface area contributed by atoms with Gasteiger partial charge in [-0.15, -0.1) is 0 Å². The van der Waals surface area contributed by atoms with Crippen LogP contribution in [0.1, 0.15) is 41.0 Å². The second-order valence-electron chi connectivity index (χ2n) is 5.13. The Bertz CT molecular complexity index is 199. The highest BCUT2D eigenvalue weighted by atomic mass is 127. The highest BCUT2D eigenvalue weighted by Gasteiger charge is 2.19. The van der Waals surface area contributed by atoms with Crippen LogP contribution in [0.25, 0.3) is 0 Å². The monoisotopic (exact) mass is 327 g/mol. The number of nitrogens with one attached hydrogen (secondary N) is 1. The van der Waals surface area contributed by atoms with Crippen LogP contribution >= 0.6 is 22.6 Å². The van der Waals surface area contributed by atoms with Gasteiger partial charge in [-0.05, 0) is 33.1 Å². The first-order chi connectivity index (χ1) is 6.74. The van der Waals surface area contributed by atoms with Crippen molar-refractivity contribution in [3.05, 3.63) is 0 Å². The number of hydrogen-bond donors (Lipinski definition) is 1. The molecule has 4 heteroatoms. The van der Waals surface area contributed by atoms with Crippen molar-refractivity contribution in [2.45, 2.75) is 52.7 Å². The van der Waals surface area contributed by atoms with E-state index in [9.17, 15) is 4.79 Å². The van der Waals surface area contributed by atoms with Crippen LogP contribution in [0.5, 0.6) is 0 Å². The Labute approximate surface area is 106 Å². The van der Waals surface area contributed by atoms with Gasteiger partial charge in [-0.2, -0.15) is 0 Å². The molecule has 0 aromatic carbocycles. The number of alkyl carbamates (subject to hydrolysis) is 1. The molecule has 0 radical (unpaired) electrons. The standard InChI is InChI=1S/C11H22INO2/c1-8(2)6-9(7-12)13-10(14)15-11(3,4)5/h8-9H,6-7H2,1-5H3,(H,13,14)/t9-/m0/s1. The highest BCUT2D eigenvalue weighted by Crippen LogP contribution is 2.10. The van der Waals surface area contributed by atoms with Gasteiger partial charge in [0.15, 0.2) is 0 Å². The molecule has 0 fully saturated rings. The molecule has 0 aliphatic carbocycles. The predicted octanol–water partition coefficient (Wildman–Crippen LogP) is 3.36. The third-order valence-electron chi connectivity index (χ3n) is 1.66. The molecule has 3 nitrogen and oxygen atoms in total. The minimum Gasteiger partial charge on any atom is -0.444 e. The van der Waals surface area contributed by atoms with Crippen LogP contribution in [0.4, 0.5) is 4.79 Å². The summed E-state index contributed by atoms with van der Waals surface area (Å²) in [5.41, 5.74) is -0.419. The third kappa shape index (κ3) is 8.96. The molecule has 0 saturated heterocycles. The summed E-state index contributed by atoms with van der Waals surface area (Å²) in [5, 5.41) is 2.89. The summed E-state index contributed by atoms with van der Waals surface area (Å²) in [5.74, 6) is 0.583. The number of carbonyl (C=O) groups is 1. The number of carbonyl (C=O) groups excluding carboxylic acids is 1. The van der Waals surface area contributed by atoms with E-state index in [1.165, 1.54) is 0 Å². The summed E-state index contributed by atoms with van der Waals surface area (Å²) in [7, 11) is 0. The average molecular weight is 327 g/mol. The van der Waals surface area contributed by atoms with Crippen molar-refractivity contribution in [1.29, 1.82) is 0 Å². The first-order valence-electron chi connectivity index (χ1n) is 5.30. The summed E-state index contributed by atoms with van der Waals surface area (Å²) >= 11 is 2.28. The van der Waals surface area contributed by atoms with Gasteiger partial charge in [0.25, 0.3) is 0 Å². The Kier molecular flexibility index (Phi) is 6.55. The summed E-state index contributed by atoms with van der Waals surface area (Å²) < 4.78 is 6.11. The van der Waals surface area contributed by atoms with Gasteiger partial charge in [0, 0.05) is 10.5 Å². The van der Waals surface area contributed by atoms with E-state index in [0.717, 1.165) is 10.8 Å². The number of amides is 1. The average Bonchev–Trinajstić information content (AvgIpc) is 1.98. The van der Waals surface area contributed by atoms with Crippen LogP contribution in [-0.2, 0) is 4.74 Å². The molecular weight excluding hydrogens is 305 g/mol. The van der Waals surface area contributed by atoms with Crippen molar-refractivity contribution in [1.82, 2.24) is 5.32 Å². The number of halogens is 1. The first kappa shape index (κ1) is 15.0. The number of alkyl halides is 1. The fraction of sp³-hybridized carbons (Fsp3) is 0.909. The smallest absolute Gasteiger partial charge is 0.407 e. The topological polar surface area (TPSA) is 38.3 Å². The molecule has 0 rings (SSSR count). The maximum atomic E-state index is 11.5. The Morgan fingerprint density at radius 3 is 2.27 bits per heavy atom. The number of rotatable bonds is 4. The van der Waals surface area contributed by atoms with Crippen molar-refractivity contribution < 1.29 is 9.53 Å². The Hall–Kier alpha value is 0. The van der Waals surface area contributed by atoms with E-state index in [0.29, 0.717) is 5.92 Å². The minimum absolute atomic E-state index is 0.209. The van der Waals surface area contributed by atoms with Crippen molar-refractivity contribution in [2.75, 3.05) is 4.43 Å². The zero-order valence-electron chi connectivity index (χ0n) is 10.3. The lowest BCUT2D eigenvalue weighted by Crippen LogP contribution is -2.40. The molecule has 0 spiro atoms. The fourth-order valence-corrected chi connectivity index (χ4v) is 1.78. The van der Waals surface area contributed by atoms with Gasteiger partial charge >= 0.3 is 6.09 Å². The summed E-state index contributed by atoms with van der Waals surface area (Å²) in [6.07, 6.45) is 0.673. The van der Waals surface area contributed by atoms with Crippen molar-refractivity contribution in [3.63, 3.8) is 0 Å². The minimum atomic E-state index is -0.419. The van der Waals surface area contributed by atoms with Crippen LogP contribution in [0.15, 0.2) is 0 Å². The van der Waals surface area contributed by atoms with E-state index >= 15 is 0 Å². The van der Waals surface area contributed by atoms with Crippen molar-refractivity contribution in [3.8, 4) is 0 Å². The maximum Gasteiger partial charge on any atom is 0.407 e. The number of ether oxygens (including phenoxy) is 1. The molecule has 0 heterocycles. The zero-order chi connectivity index (χ0) is 12.1. The number of hydrogen-bond acceptors (Lipinski definition) is 2. The molecule has 0 unspecified atom stereocenters. The first-order valence-corrected chi connectivity index (χ1v) is 6.82. The van der Waals surface area contributed by atoms with E-state index in [4.69, 9.17) is 4.74 Å². The Morgan fingerprint density at radius 2 is 1.93 bits per heavy atom. The van der Waals surface area contributed by atoms with Crippen molar-refractivity contribution in [2.24, 2.45) is 5.92 Å². The van der Waals surface area contributed by atoms with E-state index in [1.807, 2.05) is 20.8 Å². The van der Waals surface area contributed by atoms with Crippen LogP contribution in [0.2, 0.25) is 0 Å². The van der Waals surface area contributed by atoms with Gasteiger partial charge in [-0.1, -0.05) is 36.4 Å². The lowest BCUT2D eigenvalue weighted by molar-refractivity contribution is 0.0505. The van der Waals surface area contributed by atoms with Gasteiger partial charge < -0.3 is 10.1 Å². The van der Waals surface area contributed by atoms with Crippen LogP contribution in [-0.4, -0.2) is 22.2 Å². The van der Waals surface area contributed by atoms with Crippen LogP contribution in [0, 0.1) is 5.92 Å². The molecule has 0 bridgehead atoms. The predicted molar refractivity (Wildman–Crippen MR) is 71.5 cm³/mol. The van der Waals surface area contributed by atoms with Gasteiger partial charge in [0.1, 0.15) is 5.60 Å². The Balaban J connectivity index is 4.02. The van der Waals surface area contributed by atoms with Gasteiger partial charge in [-0.25, -0.2) is 4.79 Å². The Morgan fingerprint density at radius 1 is 1.40 bits per heavy atom. The van der Waals surface area contributed by atoms with Gasteiger partial charge in [-0.3, -0.25) is 0 Å². The molecule has 1 amide bonds. The molecule has 0 saturated carbocycles. The van der Waals surface area contributed by atoms with Crippen LogP contribution in [0.3, 0.4) is 0 Å². The van der Waals surface area contributed by atoms with E-state index in [1.54, 1.807) is 0 Å². The second-order valence-corrected chi connectivity index (χ2v) is 6.01. The normalized spacial score (nSPS) is 13.8. The fourth-order valence-electron chi connectivity index (χ4n) is 1.20. The molecule has 90 valence electrons. The van der Waals surface area contributed by atoms with Gasteiger partial charge in [0.05, 0.1) is 0 Å². The highest BCUT2D eigenvalue weighted by molar-refractivity contribution is 14.1. The lowest BCUT2D eigenvalue weighted by Gasteiger charge is -2.23. The zero-order valence-corrected chi connectivity index (χ0v) is 12.4. The van der Waals surface area contributed by atoms with Crippen molar-refractivity contribution >= 4 is 28.7 Å². The molecule has 0 aromatic heterocycles. The quantitative estimate of drug-likeness (QED) is 0.635. The molecule has 1 atom stereocenters. The molecular formula is C11H22INO2. The summed E-state index contributed by atoms with van der Waals surface area (Å²) in [6, 6.07) is 0.209. The maximum absolute atomic E-state index is 11.5. The second kappa shape index (κ2) is 6.55. The SMILES string of the molecule is CC(C)C[C@@H](CI)NC(=O)OC(C)(C)C. The van der Waals surface area contributed by atoms with E-state index < -0.39 is 5.60 Å². The molecule has 1 N–H and O–H groups in total. The molecule has 0 aliphatic heterocycles. The third-order valence-corrected chi connectivity index (χ3v) is 2.73.